The highest BCUT2D eigenvalue weighted by Gasteiger charge is 2.42. The van der Waals surface area contributed by atoms with Gasteiger partial charge < -0.3 is 20.1 Å². The summed E-state index contributed by atoms with van der Waals surface area (Å²) in [5.41, 5.74) is -0.0747. The smallest absolute Gasteiger partial charge is 0.258 e. The second kappa shape index (κ2) is 10.8. The summed E-state index contributed by atoms with van der Waals surface area (Å²) in [6.45, 7) is 0.380. The minimum atomic E-state index is -1.25. The van der Waals surface area contributed by atoms with Crippen LogP contribution in [0.2, 0.25) is 5.02 Å². The van der Waals surface area contributed by atoms with Gasteiger partial charge in [-0.1, -0.05) is 17.7 Å². The summed E-state index contributed by atoms with van der Waals surface area (Å²) < 4.78 is 38.3. The first kappa shape index (κ1) is 24.0. The van der Waals surface area contributed by atoms with Crippen molar-refractivity contribution in [2.75, 3.05) is 13.2 Å². The summed E-state index contributed by atoms with van der Waals surface area (Å²) in [7, 11) is 0. The number of hydrogen-bond donors (Lipinski definition) is 2. The standard InChI is InChI=1S/C18H14ClF2NO3.C5H6N2O/c19-12-10-11-2-4-14(12)24-8-1-9-25-15-5-3-13(20)17(21)16(15)18(23)22-7-6-11;6-3-5(1-2-5)7-4-8/h1-5,9-10H,6-8H2,(H,22,23);4H,1-2H2,(H,7,8). The molecule has 2 aromatic carbocycles. The zero-order valence-corrected chi connectivity index (χ0v) is 18.1. The van der Waals surface area contributed by atoms with Crippen LogP contribution in [0.3, 0.4) is 0 Å². The van der Waals surface area contributed by atoms with Gasteiger partial charge in [0, 0.05) is 6.54 Å². The Balaban J connectivity index is 0.000000323. The molecule has 0 saturated heterocycles. The van der Waals surface area contributed by atoms with Crippen LogP contribution in [0.4, 0.5) is 8.78 Å². The minimum Gasteiger partial charge on any atom is -0.488 e. The van der Waals surface area contributed by atoms with Gasteiger partial charge in [0.25, 0.3) is 5.91 Å². The van der Waals surface area contributed by atoms with Gasteiger partial charge in [-0.15, -0.1) is 0 Å². The first-order valence-corrected chi connectivity index (χ1v) is 10.4. The summed E-state index contributed by atoms with van der Waals surface area (Å²) in [6, 6.07) is 9.40. The van der Waals surface area contributed by atoms with Crippen LogP contribution in [0.15, 0.2) is 42.7 Å². The number of nitriles is 1. The molecule has 3 aliphatic rings. The average Bonchev–Trinajstić information content (AvgIpc) is 3.57. The number of benzene rings is 2. The maximum atomic E-state index is 14.1. The van der Waals surface area contributed by atoms with Crippen LogP contribution < -0.4 is 20.1 Å². The highest BCUT2D eigenvalue weighted by molar-refractivity contribution is 6.32. The van der Waals surface area contributed by atoms with E-state index in [0.29, 0.717) is 23.6 Å². The topological polar surface area (TPSA) is 100 Å². The quantitative estimate of drug-likeness (QED) is 0.645. The third kappa shape index (κ3) is 6.20. The predicted octanol–water partition coefficient (Wildman–Crippen LogP) is 3.66. The van der Waals surface area contributed by atoms with E-state index < -0.39 is 28.6 Å². The van der Waals surface area contributed by atoms with E-state index in [-0.39, 0.29) is 18.9 Å². The van der Waals surface area contributed by atoms with E-state index in [0.717, 1.165) is 24.5 Å². The van der Waals surface area contributed by atoms with Gasteiger partial charge in [-0.05, 0) is 55.2 Å². The fourth-order valence-electron chi connectivity index (χ4n) is 2.89. The molecular weight excluding hydrogens is 456 g/mol. The van der Waals surface area contributed by atoms with Gasteiger partial charge in [-0.2, -0.15) is 5.26 Å². The molecule has 2 aliphatic heterocycles. The number of halogens is 3. The summed E-state index contributed by atoms with van der Waals surface area (Å²) in [4.78, 5) is 22.0. The van der Waals surface area contributed by atoms with Gasteiger partial charge >= 0.3 is 0 Å². The Morgan fingerprint density at radius 1 is 1.21 bits per heavy atom. The van der Waals surface area contributed by atoms with Crippen molar-refractivity contribution >= 4 is 23.9 Å². The Labute approximate surface area is 193 Å². The molecule has 7 nitrogen and oxygen atoms in total. The molecule has 2 aromatic rings. The van der Waals surface area contributed by atoms with Gasteiger partial charge in [-0.25, -0.2) is 8.78 Å². The zero-order chi connectivity index (χ0) is 23.8. The lowest BCUT2D eigenvalue weighted by Crippen LogP contribution is -2.27. The van der Waals surface area contributed by atoms with Crippen molar-refractivity contribution in [2.45, 2.75) is 24.8 Å². The van der Waals surface area contributed by atoms with Gasteiger partial charge in [0.2, 0.25) is 6.41 Å². The normalized spacial score (nSPS) is 16.1. The number of hydrogen-bond acceptors (Lipinski definition) is 5. The Morgan fingerprint density at radius 3 is 2.61 bits per heavy atom. The van der Waals surface area contributed by atoms with Crippen molar-refractivity contribution in [3.63, 3.8) is 0 Å². The zero-order valence-electron chi connectivity index (χ0n) is 17.4. The van der Waals surface area contributed by atoms with E-state index in [1.807, 2.05) is 12.1 Å². The van der Waals surface area contributed by atoms with Crippen LogP contribution in [-0.4, -0.2) is 31.0 Å². The van der Waals surface area contributed by atoms with Crippen LogP contribution in [0.1, 0.15) is 28.8 Å². The number of carbonyl (C=O) groups is 2. The average molecular weight is 476 g/mol. The van der Waals surface area contributed by atoms with Crippen molar-refractivity contribution in [1.82, 2.24) is 10.6 Å². The molecule has 1 aliphatic carbocycles. The summed E-state index contributed by atoms with van der Waals surface area (Å²) >= 11 is 6.15. The molecular formula is C23H20ClF2N3O4. The Morgan fingerprint density at radius 2 is 1.97 bits per heavy atom. The lowest BCUT2D eigenvalue weighted by Gasteiger charge is -2.11. The maximum absolute atomic E-state index is 14.1. The minimum absolute atomic E-state index is 0.0833. The molecule has 0 atom stereocenters. The van der Waals surface area contributed by atoms with Crippen molar-refractivity contribution < 1.29 is 27.8 Å². The second-order valence-electron chi connectivity index (χ2n) is 7.26. The lowest BCUT2D eigenvalue weighted by molar-refractivity contribution is -0.110. The summed E-state index contributed by atoms with van der Waals surface area (Å²) in [5, 5.41) is 13.8. The highest BCUT2D eigenvalue weighted by Crippen LogP contribution is 2.33. The first-order chi connectivity index (χ1) is 15.9. The fraction of sp³-hybridized carbons (Fsp3) is 0.261. The molecule has 2 N–H and O–H groups in total. The highest BCUT2D eigenvalue weighted by atomic mass is 35.5. The number of amides is 2. The Bertz CT molecular complexity index is 1110. The lowest BCUT2D eigenvalue weighted by atomic mass is 10.1. The summed E-state index contributed by atoms with van der Waals surface area (Å²) in [6.07, 6.45) is 5.43. The maximum Gasteiger partial charge on any atom is 0.258 e. The van der Waals surface area contributed by atoms with Gasteiger partial charge in [-0.3, -0.25) is 9.59 Å². The monoisotopic (exact) mass is 475 g/mol. The molecule has 172 valence electrons. The number of nitrogens with zero attached hydrogens (tertiary/aromatic N) is 1. The van der Waals surface area contributed by atoms with E-state index in [1.54, 1.807) is 12.1 Å². The van der Waals surface area contributed by atoms with E-state index in [4.69, 9.17) is 26.3 Å². The van der Waals surface area contributed by atoms with Gasteiger partial charge in [0.15, 0.2) is 11.6 Å². The summed E-state index contributed by atoms with van der Waals surface area (Å²) in [5.74, 6) is -2.70. The number of nitrogens with one attached hydrogen (secondary N) is 2. The molecule has 1 fully saturated rings. The second-order valence-corrected chi connectivity index (χ2v) is 7.67. The van der Waals surface area contributed by atoms with Crippen LogP contribution in [-0.2, 0) is 11.2 Å². The molecule has 33 heavy (non-hydrogen) atoms. The third-order valence-corrected chi connectivity index (χ3v) is 5.20. The van der Waals surface area contributed by atoms with Crippen molar-refractivity contribution in [1.29, 1.82) is 5.26 Å². The van der Waals surface area contributed by atoms with E-state index in [1.165, 1.54) is 18.4 Å². The largest absolute Gasteiger partial charge is 0.488 e. The van der Waals surface area contributed by atoms with Gasteiger partial charge in [0.1, 0.15) is 29.2 Å². The molecule has 0 aromatic heterocycles. The Kier molecular flexibility index (Phi) is 7.85. The van der Waals surface area contributed by atoms with Gasteiger partial charge in [0.05, 0.1) is 17.4 Å². The van der Waals surface area contributed by atoms with Crippen molar-refractivity contribution in [2.24, 2.45) is 0 Å². The number of ether oxygens (including phenoxy) is 2. The SMILES string of the molecule is N#CC1(NC=O)CC1.O=C1NCCc2ccc(c(Cl)c2)OCC=COc2ccc(F)c(F)c21. The van der Waals surface area contributed by atoms with Crippen LogP contribution in [0, 0.1) is 23.0 Å². The number of carbonyl (C=O) groups excluding carboxylic acids is 2. The van der Waals surface area contributed by atoms with E-state index in [2.05, 4.69) is 10.6 Å². The van der Waals surface area contributed by atoms with Crippen LogP contribution >= 0.6 is 11.6 Å². The van der Waals surface area contributed by atoms with Crippen molar-refractivity contribution in [3.8, 4) is 17.6 Å². The predicted molar refractivity (Wildman–Crippen MR) is 116 cm³/mol. The van der Waals surface area contributed by atoms with E-state index in [9.17, 15) is 18.4 Å². The molecule has 2 amide bonds. The third-order valence-electron chi connectivity index (χ3n) is 4.90. The Hall–Kier alpha value is -3.64. The van der Waals surface area contributed by atoms with Crippen LogP contribution in [0.25, 0.3) is 0 Å². The number of rotatable bonds is 2. The molecule has 0 spiro atoms. The van der Waals surface area contributed by atoms with Crippen molar-refractivity contribution in [3.05, 3.63) is 70.5 Å². The molecule has 1 saturated carbocycles. The first-order valence-electron chi connectivity index (χ1n) is 10.0. The van der Waals surface area contributed by atoms with Crippen LogP contribution in [0.5, 0.6) is 11.5 Å². The molecule has 0 unspecified atom stereocenters. The number of fused-ring (bicyclic) bond motifs is 8. The van der Waals surface area contributed by atoms with E-state index >= 15 is 0 Å². The molecule has 2 heterocycles. The fourth-order valence-corrected chi connectivity index (χ4v) is 3.15. The molecule has 5 rings (SSSR count). The molecule has 0 radical (unpaired) electrons. The molecule has 10 heteroatoms. The molecule has 2 bridgehead atoms.